The molecule has 5 heteroatoms. The van der Waals surface area contributed by atoms with Crippen molar-refractivity contribution in [3.05, 3.63) is 0 Å². The van der Waals surface area contributed by atoms with Crippen LogP contribution in [-0.4, -0.2) is 17.0 Å². The van der Waals surface area contributed by atoms with Crippen molar-refractivity contribution >= 4 is 5.97 Å². The molecule has 0 bridgehead atoms. The molecule has 0 aromatic carbocycles. The van der Waals surface area contributed by atoms with Gasteiger partial charge in [-0.25, -0.2) is 10.1 Å². The number of rotatable bonds is 12. The predicted molar refractivity (Wildman–Crippen MR) is 76.7 cm³/mol. The van der Waals surface area contributed by atoms with E-state index in [0.29, 0.717) is 12.8 Å². The van der Waals surface area contributed by atoms with Crippen LogP contribution in [0.3, 0.4) is 0 Å². The molecule has 120 valence electrons. The Balaban J connectivity index is 4.21. The van der Waals surface area contributed by atoms with E-state index in [2.05, 4.69) is 18.7 Å². The summed E-state index contributed by atoms with van der Waals surface area (Å²) < 4.78 is 0. The maximum atomic E-state index is 11.9. The lowest BCUT2D eigenvalue weighted by Gasteiger charge is -2.24. The Morgan fingerprint density at radius 3 is 2.30 bits per heavy atom. The molecule has 0 aliphatic carbocycles. The summed E-state index contributed by atoms with van der Waals surface area (Å²) in [4.78, 5) is 26.1. The first-order valence-electron chi connectivity index (χ1n) is 7.75. The third-order valence-electron chi connectivity index (χ3n) is 3.46. The second-order valence-corrected chi connectivity index (χ2v) is 5.42. The normalized spacial score (nSPS) is 15.7. The van der Waals surface area contributed by atoms with E-state index in [9.17, 15) is 4.79 Å². The third-order valence-corrected chi connectivity index (χ3v) is 3.46. The van der Waals surface area contributed by atoms with E-state index >= 15 is 0 Å². The molecule has 0 aliphatic rings. The highest BCUT2D eigenvalue weighted by atomic mass is 17.3. The van der Waals surface area contributed by atoms with Crippen molar-refractivity contribution < 1.29 is 24.7 Å². The van der Waals surface area contributed by atoms with E-state index in [1.54, 1.807) is 6.92 Å². The van der Waals surface area contributed by atoms with Crippen LogP contribution in [0, 0.1) is 5.92 Å². The van der Waals surface area contributed by atoms with Gasteiger partial charge in [-0.2, -0.15) is 4.89 Å². The first kappa shape index (κ1) is 19.4. The lowest BCUT2D eigenvalue weighted by molar-refractivity contribution is -0.480. The Bertz CT molecular complexity index is 257. The fourth-order valence-electron chi connectivity index (χ4n) is 1.94. The standard InChI is InChI=1S/C15H30O5/c1-5-8-10-12-15(4,19-17)20-18-14(16)13(7-3)11-9-6-2/h13,17H,5-12H2,1-4H3. The topological polar surface area (TPSA) is 65.0 Å². The van der Waals surface area contributed by atoms with Gasteiger partial charge in [-0.05, 0) is 26.2 Å². The van der Waals surface area contributed by atoms with Crippen molar-refractivity contribution in [2.45, 2.75) is 84.8 Å². The Labute approximate surface area is 122 Å². The smallest absolute Gasteiger partial charge is 0.295 e. The minimum absolute atomic E-state index is 0.159. The van der Waals surface area contributed by atoms with Gasteiger partial charge in [0.2, 0.25) is 5.79 Å². The maximum absolute atomic E-state index is 11.9. The molecule has 0 aromatic rings. The number of unbranched alkanes of at least 4 members (excludes halogenated alkanes) is 3. The molecule has 0 aromatic heterocycles. The highest BCUT2D eigenvalue weighted by molar-refractivity contribution is 5.71. The monoisotopic (exact) mass is 290 g/mol. The van der Waals surface area contributed by atoms with Gasteiger partial charge >= 0.3 is 5.97 Å². The van der Waals surface area contributed by atoms with Crippen LogP contribution in [0.5, 0.6) is 0 Å². The minimum atomic E-state index is -1.28. The zero-order valence-corrected chi connectivity index (χ0v) is 13.3. The number of hydrogen-bond donors (Lipinski definition) is 1. The van der Waals surface area contributed by atoms with Crippen molar-refractivity contribution in [3.8, 4) is 0 Å². The van der Waals surface area contributed by atoms with Crippen molar-refractivity contribution in [1.82, 2.24) is 0 Å². The minimum Gasteiger partial charge on any atom is -0.295 e. The fourth-order valence-corrected chi connectivity index (χ4v) is 1.94. The predicted octanol–water partition coefficient (Wildman–Crippen LogP) is 4.46. The molecule has 0 amide bonds. The Morgan fingerprint density at radius 2 is 1.80 bits per heavy atom. The zero-order chi connectivity index (χ0) is 15.4. The lowest BCUT2D eigenvalue weighted by atomic mass is 10.00. The molecule has 0 saturated heterocycles. The van der Waals surface area contributed by atoms with Crippen LogP contribution in [0.1, 0.15) is 79.1 Å². The van der Waals surface area contributed by atoms with Crippen molar-refractivity contribution in [2.24, 2.45) is 5.92 Å². The van der Waals surface area contributed by atoms with Crippen LogP contribution in [0.15, 0.2) is 0 Å². The quantitative estimate of drug-likeness (QED) is 0.249. The van der Waals surface area contributed by atoms with Crippen molar-refractivity contribution in [3.63, 3.8) is 0 Å². The molecule has 0 aliphatic heterocycles. The summed E-state index contributed by atoms with van der Waals surface area (Å²) in [5, 5.41) is 8.92. The van der Waals surface area contributed by atoms with Gasteiger partial charge < -0.3 is 0 Å². The average molecular weight is 290 g/mol. The van der Waals surface area contributed by atoms with Gasteiger partial charge in [0.05, 0.1) is 5.92 Å². The molecular weight excluding hydrogens is 260 g/mol. The number of carbonyl (C=O) groups is 1. The first-order valence-corrected chi connectivity index (χ1v) is 7.75. The van der Waals surface area contributed by atoms with E-state index in [-0.39, 0.29) is 11.9 Å². The SMILES string of the molecule is CCCCCC(C)(OO)OOC(=O)C(CC)CCCC. The van der Waals surface area contributed by atoms with Crippen LogP contribution in [0.2, 0.25) is 0 Å². The molecular formula is C15H30O5. The molecule has 0 fully saturated rings. The highest BCUT2D eigenvalue weighted by Gasteiger charge is 2.31. The molecule has 0 rings (SSSR count). The fraction of sp³-hybridized carbons (Fsp3) is 0.933. The van der Waals surface area contributed by atoms with Crippen molar-refractivity contribution in [2.75, 3.05) is 0 Å². The Hall–Kier alpha value is -0.650. The summed E-state index contributed by atoms with van der Waals surface area (Å²) in [6, 6.07) is 0. The Morgan fingerprint density at radius 1 is 1.15 bits per heavy atom. The molecule has 5 nitrogen and oxygen atoms in total. The zero-order valence-electron chi connectivity index (χ0n) is 13.3. The number of hydrogen-bond acceptors (Lipinski definition) is 5. The molecule has 1 N–H and O–H groups in total. The van der Waals surface area contributed by atoms with E-state index in [1.807, 2.05) is 6.92 Å². The van der Waals surface area contributed by atoms with Gasteiger partial charge in [0, 0.05) is 6.42 Å². The van der Waals surface area contributed by atoms with Gasteiger partial charge in [-0.1, -0.05) is 46.5 Å². The largest absolute Gasteiger partial charge is 0.345 e. The average Bonchev–Trinajstić information content (AvgIpc) is 2.46. The van der Waals surface area contributed by atoms with Gasteiger partial charge in [0.15, 0.2) is 0 Å². The van der Waals surface area contributed by atoms with E-state index in [0.717, 1.165) is 38.5 Å². The van der Waals surface area contributed by atoms with E-state index in [1.165, 1.54) is 0 Å². The van der Waals surface area contributed by atoms with Gasteiger partial charge in [0.25, 0.3) is 0 Å². The van der Waals surface area contributed by atoms with Crippen molar-refractivity contribution in [1.29, 1.82) is 0 Å². The second-order valence-electron chi connectivity index (χ2n) is 5.42. The lowest BCUT2D eigenvalue weighted by Crippen LogP contribution is -2.33. The molecule has 2 unspecified atom stereocenters. The Kier molecular flexibility index (Phi) is 10.7. The first-order chi connectivity index (χ1) is 9.52. The highest BCUT2D eigenvalue weighted by Crippen LogP contribution is 2.22. The van der Waals surface area contributed by atoms with Crippen LogP contribution in [0.25, 0.3) is 0 Å². The van der Waals surface area contributed by atoms with Crippen LogP contribution >= 0.6 is 0 Å². The summed E-state index contributed by atoms with van der Waals surface area (Å²) in [5.74, 6) is -1.83. The third kappa shape index (κ3) is 7.82. The molecule has 0 saturated carbocycles. The molecule has 0 heterocycles. The molecule has 0 radical (unpaired) electrons. The van der Waals surface area contributed by atoms with Gasteiger partial charge in [-0.15, -0.1) is 4.89 Å². The molecule has 0 spiro atoms. The molecule has 20 heavy (non-hydrogen) atoms. The summed E-state index contributed by atoms with van der Waals surface area (Å²) in [6.07, 6.45) is 6.89. The van der Waals surface area contributed by atoms with E-state index in [4.69, 9.17) is 15.0 Å². The van der Waals surface area contributed by atoms with Crippen LogP contribution in [0.4, 0.5) is 0 Å². The van der Waals surface area contributed by atoms with Crippen LogP contribution in [-0.2, 0) is 19.5 Å². The summed E-state index contributed by atoms with van der Waals surface area (Å²) in [6.45, 7) is 7.67. The van der Waals surface area contributed by atoms with E-state index < -0.39 is 5.79 Å². The summed E-state index contributed by atoms with van der Waals surface area (Å²) >= 11 is 0. The summed E-state index contributed by atoms with van der Waals surface area (Å²) in [7, 11) is 0. The van der Waals surface area contributed by atoms with Gasteiger partial charge in [-0.3, -0.25) is 4.89 Å². The maximum Gasteiger partial charge on any atom is 0.345 e. The second kappa shape index (κ2) is 11.1. The summed E-state index contributed by atoms with van der Waals surface area (Å²) in [5.41, 5.74) is 0. The van der Waals surface area contributed by atoms with Crippen LogP contribution < -0.4 is 0 Å². The number of carbonyl (C=O) groups excluding carboxylic acids is 1. The van der Waals surface area contributed by atoms with Gasteiger partial charge in [0.1, 0.15) is 0 Å². The molecule has 2 atom stereocenters.